The molecule has 7 heteroatoms. The van der Waals surface area contributed by atoms with Crippen LogP contribution in [0, 0.1) is 0 Å². The topological polar surface area (TPSA) is 85.4 Å². The summed E-state index contributed by atoms with van der Waals surface area (Å²) in [6.45, 7) is 10.7. The molecule has 0 aromatic carbocycles. The molecule has 0 aliphatic carbocycles. The van der Waals surface area contributed by atoms with Gasteiger partial charge in [-0.1, -0.05) is 13.3 Å². The molecule has 1 unspecified atom stereocenters. The van der Waals surface area contributed by atoms with Gasteiger partial charge in [-0.15, -0.1) is 0 Å². The van der Waals surface area contributed by atoms with E-state index in [0.717, 1.165) is 39.3 Å². The van der Waals surface area contributed by atoms with E-state index in [0.29, 0.717) is 12.2 Å². The number of ether oxygens (including phenoxy) is 1. The van der Waals surface area contributed by atoms with Crippen molar-refractivity contribution in [2.45, 2.75) is 45.2 Å². The minimum atomic E-state index is -0.480. The third kappa shape index (κ3) is 5.02. The number of morpholine rings is 1. The molecule has 0 radical (unpaired) electrons. The van der Waals surface area contributed by atoms with E-state index in [1.165, 1.54) is 0 Å². The summed E-state index contributed by atoms with van der Waals surface area (Å²) < 4.78 is 7.43. The number of hydrogen-bond donors (Lipinski definition) is 2. The van der Waals surface area contributed by atoms with Crippen molar-refractivity contribution >= 4 is 11.7 Å². The van der Waals surface area contributed by atoms with Gasteiger partial charge in [-0.05, 0) is 20.3 Å². The monoisotopic (exact) mass is 323 g/mol. The van der Waals surface area contributed by atoms with Crippen LogP contribution in [0.4, 0.5) is 5.82 Å². The largest absolute Gasteiger partial charge is 0.379 e. The Bertz CT molecular complexity index is 508. The molecule has 1 aliphatic heterocycles. The second-order valence-corrected chi connectivity index (χ2v) is 6.75. The van der Waals surface area contributed by atoms with Crippen LogP contribution in [0.5, 0.6) is 0 Å². The molecule has 0 saturated carbocycles. The van der Waals surface area contributed by atoms with E-state index in [4.69, 9.17) is 10.5 Å². The number of hydrogen-bond acceptors (Lipinski definition) is 5. The second kappa shape index (κ2) is 7.90. The SMILES string of the molecule is CCCC(N)C(=O)Nc1cn(C(C)(C)CN2CCOCC2)cn1. The Morgan fingerprint density at radius 1 is 1.48 bits per heavy atom. The fourth-order valence-corrected chi connectivity index (χ4v) is 2.77. The van der Waals surface area contributed by atoms with Crippen LogP contribution in [-0.4, -0.2) is 59.2 Å². The van der Waals surface area contributed by atoms with Gasteiger partial charge in [0.2, 0.25) is 5.91 Å². The molecule has 23 heavy (non-hydrogen) atoms. The molecule has 1 aromatic rings. The zero-order valence-corrected chi connectivity index (χ0v) is 14.4. The number of nitrogens with one attached hydrogen (secondary N) is 1. The fraction of sp³-hybridized carbons (Fsp3) is 0.750. The highest BCUT2D eigenvalue weighted by Gasteiger charge is 2.25. The maximum atomic E-state index is 12.0. The number of amides is 1. The second-order valence-electron chi connectivity index (χ2n) is 6.75. The molecule has 2 heterocycles. The van der Waals surface area contributed by atoms with E-state index in [2.05, 4.69) is 29.0 Å². The Hall–Kier alpha value is -1.44. The van der Waals surface area contributed by atoms with E-state index in [9.17, 15) is 4.79 Å². The van der Waals surface area contributed by atoms with E-state index in [1.807, 2.05) is 17.7 Å². The van der Waals surface area contributed by atoms with Gasteiger partial charge in [-0.3, -0.25) is 9.69 Å². The lowest BCUT2D eigenvalue weighted by Gasteiger charge is -2.35. The van der Waals surface area contributed by atoms with Gasteiger partial charge < -0.3 is 20.4 Å². The lowest BCUT2D eigenvalue weighted by Crippen LogP contribution is -2.45. The third-order valence-corrected chi connectivity index (χ3v) is 4.18. The highest BCUT2D eigenvalue weighted by molar-refractivity contribution is 5.93. The van der Waals surface area contributed by atoms with Crippen molar-refractivity contribution in [3.8, 4) is 0 Å². The summed E-state index contributed by atoms with van der Waals surface area (Å²) in [6.07, 6.45) is 5.20. The van der Waals surface area contributed by atoms with Gasteiger partial charge in [-0.25, -0.2) is 4.98 Å². The van der Waals surface area contributed by atoms with Crippen molar-refractivity contribution in [3.05, 3.63) is 12.5 Å². The number of nitrogens with zero attached hydrogens (tertiary/aromatic N) is 3. The zero-order valence-electron chi connectivity index (χ0n) is 14.4. The number of rotatable bonds is 7. The molecule has 2 rings (SSSR count). The molecule has 0 bridgehead atoms. The van der Waals surface area contributed by atoms with Gasteiger partial charge in [0.15, 0.2) is 5.82 Å². The lowest BCUT2D eigenvalue weighted by atomic mass is 10.0. The minimum absolute atomic E-state index is 0.112. The standard InChI is InChI=1S/C16H29N5O2/c1-4-5-13(17)15(22)19-14-10-21(12-18-14)16(2,3)11-20-6-8-23-9-7-20/h10,12-13H,4-9,11,17H2,1-3H3,(H,19,22). The van der Waals surface area contributed by atoms with E-state index < -0.39 is 6.04 Å². The van der Waals surface area contributed by atoms with Crippen LogP contribution in [0.15, 0.2) is 12.5 Å². The Balaban J connectivity index is 1.95. The smallest absolute Gasteiger partial charge is 0.242 e. The summed E-state index contributed by atoms with van der Waals surface area (Å²) in [5.74, 6) is 0.375. The molecule has 3 N–H and O–H groups in total. The Morgan fingerprint density at radius 2 is 2.17 bits per heavy atom. The fourth-order valence-electron chi connectivity index (χ4n) is 2.77. The quantitative estimate of drug-likeness (QED) is 0.782. The molecule has 130 valence electrons. The van der Waals surface area contributed by atoms with Crippen molar-refractivity contribution in [1.29, 1.82) is 0 Å². The van der Waals surface area contributed by atoms with Crippen LogP contribution in [0.25, 0.3) is 0 Å². The van der Waals surface area contributed by atoms with Crippen molar-refractivity contribution in [2.24, 2.45) is 5.73 Å². The molecule has 1 atom stereocenters. The molecule has 1 saturated heterocycles. The van der Waals surface area contributed by atoms with Crippen LogP contribution in [0.2, 0.25) is 0 Å². The highest BCUT2D eigenvalue weighted by atomic mass is 16.5. The normalized spacial score (nSPS) is 17.9. The van der Waals surface area contributed by atoms with Crippen LogP contribution in [0.1, 0.15) is 33.6 Å². The first-order valence-corrected chi connectivity index (χ1v) is 8.33. The number of imidazole rings is 1. The molecular formula is C16H29N5O2. The molecule has 1 aromatic heterocycles. The van der Waals surface area contributed by atoms with Gasteiger partial charge >= 0.3 is 0 Å². The highest BCUT2D eigenvalue weighted by Crippen LogP contribution is 2.19. The number of aromatic nitrogens is 2. The van der Waals surface area contributed by atoms with E-state index in [-0.39, 0.29) is 11.4 Å². The van der Waals surface area contributed by atoms with Gasteiger partial charge in [0.25, 0.3) is 0 Å². The number of nitrogens with two attached hydrogens (primary N) is 1. The van der Waals surface area contributed by atoms with Crippen molar-refractivity contribution < 1.29 is 9.53 Å². The lowest BCUT2D eigenvalue weighted by molar-refractivity contribution is -0.117. The summed E-state index contributed by atoms with van der Waals surface area (Å²) in [5.41, 5.74) is 5.71. The predicted molar refractivity (Wildman–Crippen MR) is 90.3 cm³/mol. The molecule has 1 fully saturated rings. The zero-order chi connectivity index (χ0) is 16.9. The van der Waals surface area contributed by atoms with Crippen molar-refractivity contribution in [3.63, 3.8) is 0 Å². The van der Waals surface area contributed by atoms with Crippen LogP contribution >= 0.6 is 0 Å². The van der Waals surface area contributed by atoms with Gasteiger partial charge in [0.05, 0.1) is 31.1 Å². The number of carbonyl (C=O) groups excluding carboxylic acids is 1. The summed E-state index contributed by atoms with van der Waals surface area (Å²) >= 11 is 0. The molecule has 7 nitrogen and oxygen atoms in total. The summed E-state index contributed by atoms with van der Waals surface area (Å²) in [7, 11) is 0. The molecule has 1 aliphatic rings. The summed E-state index contributed by atoms with van der Waals surface area (Å²) in [5, 5.41) is 2.79. The third-order valence-electron chi connectivity index (χ3n) is 4.18. The minimum Gasteiger partial charge on any atom is -0.379 e. The number of carbonyl (C=O) groups is 1. The first kappa shape index (κ1) is 17.9. The summed E-state index contributed by atoms with van der Waals surface area (Å²) in [6, 6.07) is -0.480. The van der Waals surface area contributed by atoms with Crippen LogP contribution in [0.3, 0.4) is 0 Å². The van der Waals surface area contributed by atoms with Crippen LogP contribution < -0.4 is 11.1 Å². The maximum Gasteiger partial charge on any atom is 0.242 e. The average Bonchev–Trinajstić information content (AvgIpc) is 2.97. The number of anilines is 1. The van der Waals surface area contributed by atoms with Gasteiger partial charge in [0.1, 0.15) is 0 Å². The molecule has 0 spiro atoms. The van der Waals surface area contributed by atoms with E-state index in [1.54, 1.807) is 6.33 Å². The average molecular weight is 323 g/mol. The van der Waals surface area contributed by atoms with Crippen molar-refractivity contribution in [2.75, 3.05) is 38.2 Å². The first-order valence-electron chi connectivity index (χ1n) is 8.33. The van der Waals surface area contributed by atoms with Crippen LogP contribution in [-0.2, 0) is 15.1 Å². The Kier molecular flexibility index (Phi) is 6.15. The molecule has 1 amide bonds. The Morgan fingerprint density at radius 3 is 2.83 bits per heavy atom. The summed E-state index contributed by atoms with van der Waals surface area (Å²) in [4.78, 5) is 18.6. The van der Waals surface area contributed by atoms with Gasteiger partial charge in [0, 0.05) is 25.8 Å². The Labute approximate surface area is 138 Å². The maximum absolute atomic E-state index is 12.0. The first-order chi connectivity index (χ1) is 10.9. The predicted octanol–water partition coefficient (Wildman–Crippen LogP) is 1.02. The van der Waals surface area contributed by atoms with E-state index >= 15 is 0 Å². The van der Waals surface area contributed by atoms with Gasteiger partial charge in [-0.2, -0.15) is 0 Å². The van der Waals surface area contributed by atoms with Crippen molar-refractivity contribution in [1.82, 2.24) is 14.5 Å². The molecular weight excluding hydrogens is 294 g/mol.